The molecule has 0 spiro atoms. The summed E-state index contributed by atoms with van der Waals surface area (Å²) in [6.45, 7) is 4.66. The van der Waals surface area contributed by atoms with Gasteiger partial charge >= 0.3 is 0 Å². The van der Waals surface area contributed by atoms with Gasteiger partial charge in [-0.1, -0.05) is 25.0 Å². The Labute approximate surface area is 238 Å². The number of oxazole rings is 1. The van der Waals surface area contributed by atoms with Crippen molar-refractivity contribution in [3.8, 4) is 22.8 Å². The van der Waals surface area contributed by atoms with Crippen LogP contribution in [0.25, 0.3) is 22.8 Å². The molecule has 4 heterocycles. The minimum atomic E-state index is -0.454. The molecule has 2 saturated heterocycles. The lowest BCUT2D eigenvalue weighted by molar-refractivity contribution is 0.100. The predicted molar refractivity (Wildman–Crippen MR) is 156 cm³/mol. The molecule has 1 aliphatic carbocycles. The van der Waals surface area contributed by atoms with Crippen molar-refractivity contribution < 1.29 is 13.6 Å². The largest absolute Gasteiger partial charge is 0.423 e. The molecule has 4 atom stereocenters. The number of amides is 1. The molecule has 2 aromatic carbocycles. The summed E-state index contributed by atoms with van der Waals surface area (Å²) < 4.78 is 12.1. The van der Waals surface area contributed by atoms with E-state index in [2.05, 4.69) is 49.6 Å². The number of carbonyl (C=O) groups is 1. The quantitative estimate of drug-likeness (QED) is 0.369. The van der Waals surface area contributed by atoms with Crippen molar-refractivity contribution in [2.45, 2.75) is 57.2 Å². The standard InChI is InChI=1S/C31H35N7O3/c1-19-35-36-30(40-19)20-9-11-24(12-10-20)37-14-13-26-23(18-37)16-33-25-7-2-3-8-27(25)38(26)31-34-17-28(41-31)21-5-4-6-22(15-21)29(32)39/h4-6,9-12,15,17,23,25-27,33H,2-3,7-8,13-14,16,18H2,1H3,(H2,32,39). The van der Waals surface area contributed by atoms with E-state index < -0.39 is 5.91 Å². The van der Waals surface area contributed by atoms with Crippen LogP contribution in [0.3, 0.4) is 0 Å². The summed E-state index contributed by atoms with van der Waals surface area (Å²) in [6.07, 6.45) is 7.53. The number of hydrogen-bond donors (Lipinski definition) is 2. The van der Waals surface area contributed by atoms with Crippen LogP contribution in [-0.2, 0) is 0 Å². The van der Waals surface area contributed by atoms with Crippen molar-refractivity contribution >= 4 is 17.6 Å². The Balaban J connectivity index is 1.15. The lowest BCUT2D eigenvalue weighted by atomic mass is 9.87. The Bertz CT molecular complexity index is 1530. The van der Waals surface area contributed by atoms with Gasteiger partial charge in [-0.15, -0.1) is 10.2 Å². The van der Waals surface area contributed by atoms with Crippen molar-refractivity contribution in [1.82, 2.24) is 20.5 Å². The molecule has 1 amide bonds. The third-order valence-electron chi connectivity index (χ3n) is 8.93. The molecule has 212 valence electrons. The highest BCUT2D eigenvalue weighted by molar-refractivity contribution is 5.93. The minimum absolute atomic E-state index is 0.316. The van der Waals surface area contributed by atoms with Gasteiger partial charge in [-0.25, -0.2) is 4.98 Å². The molecule has 10 nitrogen and oxygen atoms in total. The second kappa shape index (κ2) is 10.7. The SMILES string of the molecule is Cc1nnc(-c2ccc(N3CCC4C(CNC5CCCCC5N4c4ncc(-c5cccc(C(N)=O)c5)o4)C3)cc2)o1. The van der Waals surface area contributed by atoms with Gasteiger partial charge in [0.25, 0.3) is 6.01 Å². The van der Waals surface area contributed by atoms with Crippen molar-refractivity contribution in [3.63, 3.8) is 0 Å². The fourth-order valence-electron chi connectivity index (χ4n) is 6.91. The van der Waals surface area contributed by atoms with Crippen LogP contribution in [0, 0.1) is 12.8 Å². The Hall–Kier alpha value is -4.18. The summed E-state index contributed by atoms with van der Waals surface area (Å²) in [5, 5.41) is 12.0. The van der Waals surface area contributed by atoms with E-state index >= 15 is 0 Å². The number of aromatic nitrogens is 3. The van der Waals surface area contributed by atoms with Gasteiger partial charge in [0.15, 0.2) is 5.76 Å². The molecule has 41 heavy (non-hydrogen) atoms. The van der Waals surface area contributed by atoms with Crippen LogP contribution in [-0.4, -0.2) is 58.8 Å². The molecule has 1 saturated carbocycles. The normalized spacial score (nSPS) is 24.4. The number of anilines is 2. The van der Waals surface area contributed by atoms with Gasteiger partial charge in [-0.05, 0) is 55.7 Å². The monoisotopic (exact) mass is 553 g/mol. The lowest BCUT2D eigenvalue weighted by Crippen LogP contribution is -2.56. The molecular weight excluding hydrogens is 518 g/mol. The second-order valence-electron chi connectivity index (χ2n) is 11.5. The third kappa shape index (κ3) is 4.97. The highest BCUT2D eigenvalue weighted by Gasteiger charge is 2.44. The third-order valence-corrected chi connectivity index (χ3v) is 8.93. The van der Waals surface area contributed by atoms with E-state index in [1.807, 2.05) is 12.1 Å². The number of aryl methyl sites for hydroxylation is 1. The van der Waals surface area contributed by atoms with Gasteiger partial charge < -0.3 is 29.7 Å². The minimum Gasteiger partial charge on any atom is -0.423 e. The molecule has 2 aliphatic heterocycles. The molecule has 3 N–H and O–H groups in total. The summed E-state index contributed by atoms with van der Waals surface area (Å²) in [5.74, 6) is 1.71. The Morgan fingerprint density at radius 2 is 1.85 bits per heavy atom. The molecule has 7 rings (SSSR count). The first-order chi connectivity index (χ1) is 20.0. The first-order valence-corrected chi connectivity index (χ1v) is 14.6. The van der Waals surface area contributed by atoms with Gasteiger partial charge in [0.2, 0.25) is 17.7 Å². The first kappa shape index (κ1) is 25.8. The number of hydrogen-bond acceptors (Lipinski definition) is 9. The van der Waals surface area contributed by atoms with E-state index in [9.17, 15) is 4.79 Å². The van der Waals surface area contributed by atoms with Gasteiger partial charge in [0.1, 0.15) is 0 Å². The van der Waals surface area contributed by atoms with Crippen LogP contribution < -0.4 is 20.9 Å². The van der Waals surface area contributed by atoms with Crippen LogP contribution >= 0.6 is 0 Å². The fraction of sp³-hybridized carbons (Fsp3) is 0.419. The van der Waals surface area contributed by atoms with Crippen LogP contribution in [0.4, 0.5) is 11.7 Å². The van der Waals surface area contributed by atoms with Crippen LogP contribution in [0.2, 0.25) is 0 Å². The van der Waals surface area contributed by atoms with Gasteiger partial charge in [-0.2, -0.15) is 0 Å². The number of piperidine rings is 1. The Morgan fingerprint density at radius 3 is 2.66 bits per heavy atom. The van der Waals surface area contributed by atoms with Crippen molar-refractivity contribution in [2.24, 2.45) is 11.7 Å². The van der Waals surface area contributed by atoms with E-state index in [-0.39, 0.29) is 0 Å². The number of primary amides is 1. The fourth-order valence-corrected chi connectivity index (χ4v) is 6.91. The first-order valence-electron chi connectivity index (χ1n) is 14.6. The number of nitrogens with zero attached hydrogens (tertiary/aromatic N) is 5. The Kier molecular flexibility index (Phi) is 6.70. The Morgan fingerprint density at radius 1 is 1.00 bits per heavy atom. The predicted octanol–water partition coefficient (Wildman–Crippen LogP) is 4.41. The van der Waals surface area contributed by atoms with E-state index in [4.69, 9.17) is 19.6 Å². The maximum atomic E-state index is 11.7. The number of carbonyl (C=O) groups excluding carboxylic acids is 1. The molecule has 0 radical (unpaired) electrons. The van der Waals surface area contributed by atoms with Crippen molar-refractivity contribution in [3.05, 3.63) is 66.2 Å². The topological polar surface area (TPSA) is 127 Å². The van der Waals surface area contributed by atoms with E-state index in [0.717, 1.165) is 50.0 Å². The summed E-state index contributed by atoms with van der Waals surface area (Å²) in [6, 6.07) is 17.4. The highest BCUT2D eigenvalue weighted by Crippen LogP contribution is 2.38. The molecule has 3 aliphatic rings. The number of nitrogens with one attached hydrogen (secondary N) is 1. The number of rotatable bonds is 5. The van der Waals surface area contributed by atoms with E-state index in [1.165, 1.54) is 18.5 Å². The molecule has 4 aromatic rings. The average molecular weight is 554 g/mol. The van der Waals surface area contributed by atoms with Crippen LogP contribution in [0.1, 0.15) is 48.4 Å². The maximum absolute atomic E-state index is 11.7. The van der Waals surface area contributed by atoms with E-state index in [1.54, 1.807) is 25.3 Å². The molecule has 3 fully saturated rings. The van der Waals surface area contributed by atoms with Gasteiger partial charge in [0.05, 0.1) is 6.20 Å². The summed E-state index contributed by atoms with van der Waals surface area (Å²) in [7, 11) is 0. The molecule has 10 heteroatoms. The summed E-state index contributed by atoms with van der Waals surface area (Å²) in [5.41, 5.74) is 8.91. The summed E-state index contributed by atoms with van der Waals surface area (Å²) >= 11 is 0. The zero-order valence-electron chi connectivity index (χ0n) is 23.2. The maximum Gasteiger partial charge on any atom is 0.298 e. The zero-order chi connectivity index (χ0) is 27.9. The van der Waals surface area contributed by atoms with Gasteiger partial charge in [0, 0.05) is 73.0 Å². The number of nitrogens with two attached hydrogens (primary N) is 1. The van der Waals surface area contributed by atoms with Crippen LogP contribution in [0.5, 0.6) is 0 Å². The van der Waals surface area contributed by atoms with E-state index in [0.29, 0.717) is 53.2 Å². The van der Waals surface area contributed by atoms with Crippen LogP contribution in [0.15, 0.2) is 63.6 Å². The average Bonchev–Trinajstić information content (AvgIpc) is 3.63. The second-order valence-corrected chi connectivity index (χ2v) is 11.5. The molecule has 4 unspecified atom stereocenters. The number of fused-ring (bicyclic) bond motifs is 2. The molecular formula is C31H35N7O3. The molecule has 0 bridgehead atoms. The smallest absolute Gasteiger partial charge is 0.298 e. The lowest BCUT2D eigenvalue weighted by Gasteiger charge is -2.46. The number of benzene rings is 2. The summed E-state index contributed by atoms with van der Waals surface area (Å²) in [4.78, 5) is 21.5. The highest BCUT2D eigenvalue weighted by atomic mass is 16.4. The molecule has 2 aromatic heterocycles. The van der Waals surface area contributed by atoms with Crippen molar-refractivity contribution in [1.29, 1.82) is 0 Å². The van der Waals surface area contributed by atoms with Crippen molar-refractivity contribution in [2.75, 3.05) is 29.4 Å². The van der Waals surface area contributed by atoms with Gasteiger partial charge in [-0.3, -0.25) is 4.79 Å². The zero-order valence-corrected chi connectivity index (χ0v) is 23.2.